The quantitative estimate of drug-likeness (QED) is 0.871. The summed E-state index contributed by atoms with van der Waals surface area (Å²) in [6.07, 6.45) is 4.16. The van der Waals surface area contributed by atoms with Crippen molar-refractivity contribution < 1.29 is 9.90 Å². The Labute approximate surface area is 119 Å². The minimum Gasteiger partial charge on any atom is -0.387 e. The van der Waals surface area contributed by atoms with E-state index in [2.05, 4.69) is 5.32 Å². The van der Waals surface area contributed by atoms with Crippen LogP contribution in [0.3, 0.4) is 0 Å². The molecule has 0 aromatic carbocycles. The Morgan fingerprint density at radius 3 is 2.79 bits per heavy atom. The smallest absolute Gasteiger partial charge is 0.226 e. The van der Waals surface area contributed by atoms with Crippen molar-refractivity contribution in [2.75, 3.05) is 6.54 Å². The molecule has 1 saturated carbocycles. The number of nitrogens with one attached hydrogen (secondary N) is 1. The molecule has 1 aromatic rings. The molecule has 1 heterocycles. The van der Waals surface area contributed by atoms with E-state index in [0.717, 1.165) is 18.4 Å². The van der Waals surface area contributed by atoms with Gasteiger partial charge in [-0.15, -0.1) is 0 Å². The maximum atomic E-state index is 12.3. The van der Waals surface area contributed by atoms with Crippen molar-refractivity contribution in [3.63, 3.8) is 0 Å². The molecule has 1 fully saturated rings. The molecule has 19 heavy (non-hydrogen) atoms. The number of rotatable bonds is 5. The van der Waals surface area contributed by atoms with E-state index in [4.69, 9.17) is 0 Å². The third-order valence-corrected chi connectivity index (χ3v) is 5.05. The van der Waals surface area contributed by atoms with Gasteiger partial charge in [0.15, 0.2) is 0 Å². The van der Waals surface area contributed by atoms with E-state index in [0.29, 0.717) is 12.5 Å². The van der Waals surface area contributed by atoms with Crippen molar-refractivity contribution in [1.29, 1.82) is 0 Å². The van der Waals surface area contributed by atoms with Crippen molar-refractivity contribution in [3.8, 4) is 0 Å². The summed E-state index contributed by atoms with van der Waals surface area (Å²) in [6, 6.07) is 1.89. The molecule has 0 bridgehead atoms. The summed E-state index contributed by atoms with van der Waals surface area (Å²) in [5.41, 5.74) is 0.550. The lowest BCUT2D eigenvalue weighted by Gasteiger charge is -2.30. The highest BCUT2D eigenvalue weighted by atomic mass is 32.1. The summed E-state index contributed by atoms with van der Waals surface area (Å²) in [7, 11) is 0. The molecule has 0 radical (unpaired) electrons. The lowest BCUT2D eigenvalue weighted by Crippen LogP contribution is -2.42. The van der Waals surface area contributed by atoms with Gasteiger partial charge in [0.1, 0.15) is 0 Å². The molecule has 2 rings (SSSR count). The molecular formula is C15H23NO2S. The zero-order valence-corrected chi connectivity index (χ0v) is 12.5. The molecule has 0 aliphatic heterocycles. The van der Waals surface area contributed by atoms with Crippen molar-refractivity contribution in [3.05, 3.63) is 22.4 Å². The Morgan fingerprint density at radius 2 is 2.21 bits per heavy atom. The third-order valence-electron chi connectivity index (χ3n) is 4.34. The molecule has 0 spiro atoms. The number of carbonyl (C=O) groups excluding carboxylic acids is 1. The first kappa shape index (κ1) is 14.5. The topological polar surface area (TPSA) is 49.3 Å². The summed E-state index contributed by atoms with van der Waals surface area (Å²) >= 11 is 1.56. The molecule has 4 heteroatoms. The molecule has 2 N–H and O–H groups in total. The largest absolute Gasteiger partial charge is 0.387 e. The van der Waals surface area contributed by atoms with E-state index in [-0.39, 0.29) is 11.3 Å². The van der Waals surface area contributed by atoms with Crippen LogP contribution in [0.15, 0.2) is 16.8 Å². The van der Waals surface area contributed by atoms with Gasteiger partial charge in [-0.2, -0.15) is 11.3 Å². The average molecular weight is 281 g/mol. The summed E-state index contributed by atoms with van der Waals surface area (Å²) in [5.74, 6) is 0.541. The van der Waals surface area contributed by atoms with Gasteiger partial charge in [-0.1, -0.05) is 26.7 Å². The minimum absolute atomic E-state index is 0.0636. The Morgan fingerprint density at radius 1 is 1.53 bits per heavy atom. The van der Waals surface area contributed by atoms with Gasteiger partial charge in [0, 0.05) is 12.0 Å². The van der Waals surface area contributed by atoms with Gasteiger partial charge in [0.25, 0.3) is 0 Å². The van der Waals surface area contributed by atoms with E-state index in [1.807, 2.05) is 30.7 Å². The minimum atomic E-state index is -0.602. The highest BCUT2D eigenvalue weighted by molar-refractivity contribution is 7.07. The van der Waals surface area contributed by atoms with Gasteiger partial charge < -0.3 is 10.4 Å². The molecule has 0 saturated heterocycles. The second kappa shape index (κ2) is 6.06. The highest BCUT2D eigenvalue weighted by Gasteiger charge is 2.38. The number of aliphatic hydroxyl groups excluding tert-OH is 1. The van der Waals surface area contributed by atoms with Crippen LogP contribution >= 0.6 is 11.3 Å². The van der Waals surface area contributed by atoms with Gasteiger partial charge in [-0.05, 0) is 41.1 Å². The fourth-order valence-corrected chi connectivity index (χ4v) is 3.54. The van der Waals surface area contributed by atoms with Crippen molar-refractivity contribution in [1.82, 2.24) is 5.32 Å². The fraction of sp³-hybridized carbons (Fsp3) is 0.667. The molecule has 1 aromatic heterocycles. The van der Waals surface area contributed by atoms with E-state index in [1.54, 1.807) is 11.3 Å². The summed E-state index contributed by atoms with van der Waals surface area (Å²) in [6.45, 7) is 4.34. The number of amides is 1. The SMILES string of the molecule is CC(C)(C(=O)NCC(O)c1ccsc1)C1CCCC1. The van der Waals surface area contributed by atoms with Crippen molar-refractivity contribution in [2.24, 2.45) is 11.3 Å². The first-order valence-corrected chi connectivity index (χ1v) is 7.94. The van der Waals surface area contributed by atoms with Gasteiger partial charge >= 0.3 is 0 Å². The van der Waals surface area contributed by atoms with Crippen LogP contribution in [0.4, 0.5) is 0 Å². The first-order chi connectivity index (χ1) is 9.01. The zero-order valence-electron chi connectivity index (χ0n) is 11.7. The molecule has 1 unspecified atom stereocenters. The van der Waals surface area contributed by atoms with Crippen LogP contribution in [-0.4, -0.2) is 17.6 Å². The van der Waals surface area contributed by atoms with Crippen LogP contribution in [0.1, 0.15) is 51.2 Å². The van der Waals surface area contributed by atoms with Crippen LogP contribution in [0.5, 0.6) is 0 Å². The van der Waals surface area contributed by atoms with Gasteiger partial charge in [0.2, 0.25) is 5.91 Å². The summed E-state index contributed by atoms with van der Waals surface area (Å²) in [5, 5.41) is 16.7. The maximum absolute atomic E-state index is 12.3. The standard InChI is InChI=1S/C15H23NO2S/c1-15(2,12-5-3-4-6-12)14(18)16-9-13(17)11-7-8-19-10-11/h7-8,10,12-13,17H,3-6,9H2,1-2H3,(H,16,18). The van der Waals surface area contributed by atoms with Crippen molar-refractivity contribution >= 4 is 17.2 Å². The third kappa shape index (κ3) is 3.37. The molecule has 106 valence electrons. The van der Waals surface area contributed by atoms with Crippen LogP contribution in [-0.2, 0) is 4.79 Å². The number of thiophene rings is 1. The number of hydrogen-bond donors (Lipinski definition) is 2. The number of hydrogen-bond acceptors (Lipinski definition) is 3. The van der Waals surface area contributed by atoms with E-state index < -0.39 is 6.10 Å². The predicted octanol–water partition coefficient (Wildman–Crippen LogP) is 3.11. The van der Waals surface area contributed by atoms with Crippen LogP contribution in [0.2, 0.25) is 0 Å². The molecule has 1 aliphatic rings. The molecule has 1 atom stereocenters. The predicted molar refractivity (Wildman–Crippen MR) is 78.0 cm³/mol. The van der Waals surface area contributed by atoms with Gasteiger partial charge in [0.05, 0.1) is 6.10 Å². The average Bonchev–Trinajstić information content (AvgIpc) is 3.06. The van der Waals surface area contributed by atoms with Crippen molar-refractivity contribution in [2.45, 2.75) is 45.6 Å². The molecule has 3 nitrogen and oxygen atoms in total. The van der Waals surface area contributed by atoms with E-state index in [1.165, 1.54) is 12.8 Å². The first-order valence-electron chi connectivity index (χ1n) is 7.00. The second-order valence-corrected chi connectivity index (χ2v) is 6.77. The highest BCUT2D eigenvalue weighted by Crippen LogP contribution is 2.39. The van der Waals surface area contributed by atoms with Gasteiger partial charge in [-0.3, -0.25) is 4.79 Å². The lowest BCUT2D eigenvalue weighted by atomic mass is 9.77. The normalized spacial score (nSPS) is 18.5. The Kier molecular flexibility index (Phi) is 4.63. The van der Waals surface area contributed by atoms with Crippen LogP contribution in [0, 0.1) is 11.3 Å². The monoisotopic (exact) mass is 281 g/mol. The lowest BCUT2D eigenvalue weighted by molar-refractivity contribution is -0.132. The molecule has 1 amide bonds. The fourth-order valence-electron chi connectivity index (χ4n) is 2.83. The van der Waals surface area contributed by atoms with E-state index in [9.17, 15) is 9.90 Å². The summed E-state index contributed by atoms with van der Waals surface area (Å²) < 4.78 is 0. The Balaban J connectivity index is 1.86. The zero-order chi connectivity index (χ0) is 13.9. The summed E-state index contributed by atoms with van der Waals surface area (Å²) in [4.78, 5) is 12.3. The Bertz CT molecular complexity index is 408. The number of carbonyl (C=O) groups is 1. The number of aliphatic hydroxyl groups is 1. The Hall–Kier alpha value is -0.870. The second-order valence-electron chi connectivity index (χ2n) is 5.99. The van der Waals surface area contributed by atoms with Crippen LogP contribution in [0.25, 0.3) is 0 Å². The van der Waals surface area contributed by atoms with E-state index >= 15 is 0 Å². The molecular weight excluding hydrogens is 258 g/mol. The van der Waals surface area contributed by atoms with Gasteiger partial charge in [-0.25, -0.2) is 0 Å². The van der Waals surface area contributed by atoms with Crippen LogP contribution < -0.4 is 5.32 Å². The molecule has 1 aliphatic carbocycles. The maximum Gasteiger partial charge on any atom is 0.226 e.